The monoisotopic (exact) mass is 418 g/mol. The smallest absolute Gasteiger partial charge is 0.311 e. The third kappa shape index (κ3) is 4.02. The van der Waals surface area contributed by atoms with Gasteiger partial charge in [-0.1, -0.05) is 121 Å². The van der Waals surface area contributed by atoms with Crippen LogP contribution in [0.4, 0.5) is 4.79 Å². The van der Waals surface area contributed by atoms with E-state index in [2.05, 4.69) is 72.8 Å². The summed E-state index contributed by atoms with van der Waals surface area (Å²) in [6, 6.07) is 41.3. The van der Waals surface area contributed by atoms with Gasteiger partial charge in [0.05, 0.1) is 12.1 Å². The molecule has 0 unspecified atom stereocenters. The van der Waals surface area contributed by atoms with E-state index >= 15 is 0 Å². The third-order valence-electron chi connectivity index (χ3n) is 6.14. The van der Waals surface area contributed by atoms with Gasteiger partial charge >= 0.3 is 6.03 Å². The molecule has 0 saturated carbocycles. The fraction of sp³-hybridized carbons (Fsp3) is 0.138. The highest BCUT2D eigenvalue weighted by atomic mass is 16.2. The van der Waals surface area contributed by atoms with Gasteiger partial charge in [0.15, 0.2) is 0 Å². The van der Waals surface area contributed by atoms with Crippen LogP contribution in [0.5, 0.6) is 0 Å². The molecule has 1 fully saturated rings. The SMILES string of the molecule is O=C1N(Cc2ccccc2)[C@H](c2ccccc2)[C@@H](c2ccccc2)N1Cc1ccccc1. The van der Waals surface area contributed by atoms with Crippen molar-refractivity contribution in [2.75, 3.05) is 0 Å². The number of carbonyl (C=O) groups excluding carboxylic acids is 1. The third-order valence-corrected chi connectivity index (χ3v) is 6.14. The van der Waals surface area contributed by atoms with Crippen molar-refractivity contribution in [1.29, 1.82) is 0 Å². The number of hydrogen-bond acceptors (Lipinski definition) is 1. The van der Waals surface area contributed by atoms with Crippen molar-refractivity contribution < 1.29 is 4.79 Å². The van der Waals surface area contributed by atoms with Crippen molar-refractivity contribution in [3.63, 3.8) is 0 Å². The van der Waals surface area contributed by atoms with Gasteiger partial charge in [0.25, 0.3) is 0 Å². The van der Waals surface area contributed by atoms with Crippen LogP contribution < -0.4 is 0 Å². The van der Waals surface area contributed by atoms with Crippen LogP contribution in [0.15, 0.2) is 121 Å². The molecule has 3 heteroatoms. The van der Waals surface area contributed by atoms with Crippen LogP contribution >= 0.6 is 0 Å². The molecule has 2 atom stereocenters. The molecular formula is C29H26N2O. The Labute approximate surface area is 189 Å². The molecule has 5 rings (SSSR count). The quantitative estimate of drug-likeness (QED) is 0.346. The number of carbonyl (C=O) groups is 1. The summed E-state index contributed by atoms with van der Waals surface area (Å²) < 4.78 is 0. The van der Waals surface area contributed by atoms with Crippen molar-refractivity contribution >= 4 is 6.03 Å². The molecule has 4 aromatic rings. The number of urea groups is 1. The van der Waals surface area contributed by atoms with E-state index in [0.29, 0.717) is 13.1 Å². The fourth-order valence-electron chi connectivity index (χ4n) is 4.66. The van der Waals surface area contributed by atoms with Crippen molar-refractivity contribution in [3.05, 3.63) is 144 Å². The minimum Gasteiger partial charge on any atom is -0.311 e. The number of rotatable bonds is 6. The Morgan fingerprint density at radius 2 is 0.781 bits per heavy atom. The van der Waals surface area contributed by atoms with Crippen LogP contribution in [-0.2, 0) is 13.1 Å². The van der Waals surface area contributed by atoms with Gasteiger partial charge in [0.1, 0.15) is 0 Å². The summed E-state index contributed by atoms with van der Waals surface area (Å²) in [6.07, 6.45) is 0. The molecule has 3 nitrogen and oxygen atoms in total. The van der Waals surface area contributed by atoms with Gasteiger partial charge in [0.2, 0.25) is 0 Å². The average Bonchev–Trinajstić information content (AvgIpc) is 3.12. The van der Waals surface area contributed by atoms with Crippen molar-refractivity contribution in [2.24, 2.45) is 0 Å². The maximum atomic E-state index is 13.9. The Hall–Kier alpha value is -3.85. The lowest BCUT2D eigenvalue weighted by Crippen LogP contribution is -2.32. The highest BCUT2D eigenvalue weighted by Gasteiger charge is 2.46. The first kappa shape index (κ1) is 20.1. The molecule has 158 valence electrons. The molecule has 0 aromatic heterocycles. The molecule has 2 amide bonds. The van der Waals surface area contributed by atoms with Gasteiger partial charge in [-0.05, 0) is 22.3 Å². The maximum Gasteiger partial charge on any atom is 0.321 e. The van der Waals surface area contributed by atoms with Crippen LogP contribution in [0.3, 0.4) is 0 Å². The Morgan fingerprint density at radius 1 is 0.469 bits per heavy atom. The summed E-state index contributed by atoms with van der Waals surface area (Å²) in [5.41, 5.74) is 4.58. The molecule has 0 bridgehead atoms. The second kappa shape index (κ2) is 9.11. The lowest BCUT2D eigenvalue weighted by Gasteiger charge is -2.29. The van der Waals surface area contributed by atoms with Gasteiger partial charge < -0.3 is 9.80 Å². The summed E-state index contributed by atoms with van der Waals surface area (Å²) in [4.78, 5) is 18.0. The molecule has 4 aromatic carbocycles. The minimum absolute atomic E-state index is 0.0698. The first-order valence-electron chi connectivity index (χ1n) is 11.1. The Bertz CT molecular complexity index is 1050. The predicted octanol–water partition coefficient (Wildman–Crippen LogP) is 6.61. The maximum absolute atomic E-state index is 13.9. The summed E-state index contributed by atoms with van der Waals surface area (Å²) in [6.45, 7) is 1.15. The molecule has 1 heterocycles. The van der Waals surface area contributed by atoms with E-state index in [9.17, 15) is 4.79 Å². The molecule has 0 aliphatic carbocycles. The largest absolute Gasteiger partial charge is 0.321 e. The molecule has 0 spiro atoms. The summed E-state index contributed by atoms with van der Waals surface area (Å²) in [5.74, 6) is 0. The average molecular weight is 419 g/mol. The van der Waals surface area contributed by atoms with Gasteiger partial charge in [-0.25, -0.2) is 4.79 Å². The van der Waals surface area contributed by atoms with Crippen LogP contribution in [0.25, 0.3) is 0 Å². The Kier molecular flexibility index (Phi) is 5.71. The second-order valence-electron chi connectivity index (χ2n) is 8.22. The molecule has 1 aliphatic heterocycles. The summed E-state index contributed by atoms with van der Waals surface area (Å²) in [5, 5.41) is 0. The lowest BCUT2D eigenvalue weighted by atomic mass is 9.92. The van der Waals surface area contributed by atoms with Crippen LogP contribution in [0.2, 0.25) is 0 Å². The highest BCUT2D eigenvalue weighted by Crippen LogP contribution is 2.46. The van der Waals surface area contributed by atoms with E-state index in [1.165, 1.54) is 0 Å². The van der Waals surface area contributed by atoms with Crippen LogP contribution in [0, 0.1) is 0 Å². The van der Waals surface area contributed by atoms with E-state index in [4.69, 9.17) is 0 Å². The normalized spacial score (nSPS) is 18.2. The Morgan fingerprint density at radius 3 is 1.12 bits per heavy atom. The lowest BCUT2D eigenvalue weighted by molar-refractivity contribution is 0.181. The van der Waals surface area contributed by atoms with Crippen LogP contribution in [0.1, 0.15) is 34.3 Å². The van der Waals surface area contributed by atoms with E-state index in [1.54, 1.807) is 0 Å². The summed E-state index contributed by atoms with van der Waals surface area (Å²) in [7, 11) is 0. The molecule has 1 aliphatic rings. The highest BCUT2D eigenvalue weighted by molar-refractivity contribution is 5.79. The Balaban J connectivity index is 1.61. The topological polar surface area (TPSA) is 23.6 Å². The predicted molar refractivity (Wildman–Crippen MR) is 128 cm³/mol. The fourth-order valence-corrected chi connectivity index (χ4v) is 4.66. The standard InChI is InChI=1S/C29H26N2O/c32-29-30(21-23-13-5-1-6-14-23)27(25-17-9-3-10-18-25)28(26-19-11-4-12-20-26)31(29)22-24-15-7-2-8-16-24/h1-20,27-28H,21-22H2/t27-,28-/m1/s1. The van der Waals surface area contributed by atoms with Gasteiger partial charge in [-0.15, -0.1) is 0 Å². The first-order chi connectivity index (χ1) is 15.8. The van der Waals surface area contributed by atoms with E-state index in [1.807, 2.05) is 58.3 Å². The molecule has 0 radical (unpaired) electrons. The number of amides is 2. The van der Waals surface area contributed by atoms with Gasteiger partial charge in [-0.3, -0.25) is 0 Å². The molecule has 32 heavy (non-hydrogen) atoms. The number of hydrogen-bond donors (Lipinski definition) is 0. The van der Waals surface area contributed by atoms with Crippen molar-refractivity contribution in [1.82, 2.24) is 9.80 Å². The molecular weight excluding hydrogens is 392 g/mol. The number of benzene rings is 4. The van der Waals surface area contributed by atoms with Gasteiger partial charge in [-0.2, -0.15) is 0 Å². The molecule has 0 N–H and O–H groups in total. The second-order valence-corrected chi connectivity index (χ2v) is 8.22. The van der Waals surface area contributed by atoms with E-state index < -0.39 is 0 Å². The number of nitrogens with zero attached hydrogens (tertiary/aromatic N) is 2. The summed E-state index contributed by atoms with van der Waals surface area (Å²) >= 11 is 0. The molecule has 1 saturated heterocycles. The zero-order chi connectivity index (χ0) is 21.8. The zero-order valence-corrected chi connectivity index (χ0v) is 17.9. The van der Waals surface area contributed by atoms with Crippen molar-refractivity contribution in [2.45, 2.75) is 25.2 Å². The first-order valence-corrected chi connectivity index (χ1v) is 11.1. The minimum atomic E-state index is -0.0741. The van der Waals surface area contributed by atoms with Gasteiger partial charge in [0, 0.05) is 13.1 Å². The zero-order valence-electron chi connectivity index (χ0n) is 17.9. The van der Waals surface area contributed by atoms with E-state index in [0.717, 1.165) is 22.3 Å². The van der Waals surface area contributed by atoms with E-state index in [-0.39, 0.29) is 18.1 Å². The van der Waals surface area contributed by atoms with Crippen molar-refractivity contribution in [3.8, 4) is 0 Å². The van der Waals surface area contributed by atoms with Crippen LogP contribution in [-0.4, -0.2) is 15.8 Å².